The van der Waals surface area contributed by atoms with Crippen LogP contribution < -0.4 is 0 Å². The lowest BCUT2D eigenvalue weighted by Crippen LogP contribution is -2.06. The molecule has 16 heavy (non-hydrogen) atoms. The molecule has 88 valence electrons. The first-order chi connectivity index (χ1) is 7.70. The molecule has 0 N–H and O–H groups in total. The van der Waals surface area contributed by atoms with Crippen molar-refractivity contribution >= 4 is 29.2 Å². The molecule has 1 aromatic rings. The summed E-state index contributed by atoms with van der Waals surface area (Å²) in [5, 5.41) is 0.478. The third-order valence-electron chi connectivity index (χ3n) is 2.15. The summed E-state index contributed by atoms with van der Waals surface area (Å²) in [5.41, 5.74) is 1.36. The zero-order valence-electron chi connectivity index (χ0n) is 9.13. The monoisotopic (exact) mass is 260 g/mol. The number of alkyl halides is 1. The van der Waals surface area contributed by atoms with Crippen LogP contribution in [0.4, 0.5) is 0 Å². The average Bonchev–Trinajstić information content (AvgIpc) is 2.28. The molecule has 4 heteroatoms. The summed E-state index contributed by atoms with van der Waals surface area (Å²) in [6.07, 6.45) is 1.61. The minimum absolute atomic E-state index is 0.348. The highest BCUT2D eigenvalue weighted by molar-refractivity contribution is 6.34. The van der Waals surface area contributed by atoms with Gasteiger partial charge in [0.2, 0.25) is 0 Å². The van der Waals surface area contributed by atoms with E-state index in [9.17, 15) is 4.79 Å². The number of aryl methyl sites for hydroxylation is 1. The number of halogens is 2. The number of rotatable bonds is 5. The molecule has 1 aromatic carbocycles. The molecule has 0 saturated heterocycles. The second kappa shape index (κ2) is 6.77. The fourth-order valence-electron chi connectivity index (χ4n) is 1.40. The first-order valence-electron chi connectivity index (χ1n) is 5.21. The Morgan fingerprint density at radius 2 is 2.19 bits per heavy atom. The van der Waals surface area contributed by atoms with Gasteiger partial charge in [-0.05, 0) is 31.4 Å². The summed E-state index contributed by atoms with van der Waals surface area (Å²) in [5.74, 6) is 0.209. The molecule has 0 saturated carbocycles. The fourth-order valence-corrected chi connectivity index (χ4v) is 1.83. The van der Waals surface area contributed by atoms with Crippen molar-refractivity contribution in [3.8, 4) is 0 Å². The highest BCUT2D eigenvalue weighted by Crippen LogP contribution is 2.23. The van der Waals surface area contributed by atoms with Crippen LogP contribution in [0.25, 0.3) is 0 Å². The molecule has 0 spiro atoms. The van der Waals surface area contributed by atoms with Crippen molar-refractivity contribution in [2.24, 2.45) is 0 Å². The fraction of sp³-hybridized carbons (Fsp3) is 0.417. The van der Waals surface area contributed by atoms with E-state index >= 15 is 0 Å². The number of carbonyl (C=O) groups excluding carboxylic acids is 1. The number of hydrogen-bond acceptors (Lipinski definition) is 2. The Balaban J connectivity index is 2.89. The van der Waals surface area contributed by atoms with Gasteiger partial charge in [-0.3, -0.25) is 0 Å². The van der Waals surface area contributed by atoms with Crippen LogP contribution in [0.1, 0.15) is 29.3 Å². The quantitative estimate of drug-likeness (QED) is 0.596. The summed E-state index contributed by atoms with van der Waals surface area (Å²) in [6.45, 7) is 2.12. The third-order valence-corrected chi connectivity index (χ3v) is 2.87. The molecule has 0 aromatic heterocycles. The van der Waals surface area contributed by atoms with E-state index in [0.717, 1.165) is 18.4 Å². The Morgan fingerprint density at radius 3 is 2.81 bits per heavy atom. The first kappa shape index (κ1) is 13.3. The summed E-state index contributed by atoms with van der Waals surface area (Å²) in [4.78, 5) is 11.6. The largest absolute Gasteiger partial charge is 0.462 e. The molecular weight excluding hydrogens is 247 g/mol. The van der Waals surface area contributed by atoms with Gasteiger partial charge in [0.15, 0.2) is 0 Å². The molecule has 0 amide bonds. The van der Waals surface area contributed by atoms with Gasteiger partial charge in [0, 0.05) is 5.88 Å². The Kier molecular flexibility index (Phi) is 5.64. The molecule has 0 aliphatic rings. The van der Waals surface area contributed by atoms with Crippen molar-refractivity contribution in [2.45, 2.75) is 19.8 Å². The van der Waals surface area contributed by atoms with Crippen LogP contribution in [-0.2, 0) is 11.2 Å². The second-order valence-corrected chi connectivity index (χ2v) is 4.05. The molecule has 0 fully saturated rings. The maximum absolute atomic E-state index is 11.6. The van der Waals surface area contributed by atoms with Crippen molar-refractivity contribution in [3.05, 3.63) is 34.3 Å². The van der Waals surface area contributed by atoms with Crippen molar-refractivity contribution < 1.29 is 9.53 Å². The van der Waals surface area contributed by atoms with Crippen molar-refractivity contribution in [1.29, 1.82) is 0 Å². The third kappa shape index (κ3) is 3.39. The van der Waals surface area contributed by atoms with Crippen molar-refractivity contribution in [3.63, 3.8) is 0 Å². The van der Waals surface area contributed by atoms with Crippen LogP contribution in [-0.4, -0.2) is 18.5 Å². The van der Waals surface area contributed by atoms with Crippen LogP contribution in [0.5, 0.6) is 0 Å². The summed E-state index contributed by atoms with van der Waals surface area (Å²) >= 11 is 11.8. The van der Waals surface area contributed by atoms with Gasteiger partial charge in [-0.25, -0.2) is 4.79 Å². The summed E-state index contributed by atoms with van der Waals surface area (Å²) < 4.78 is 4.92. The normalized spacial score (nSPS) is 10.2. The van der Waals surface area contributed by atoms with E-state index in [0.29, 0.717) is 23.1 Å². The van der Waals surface area contributed by atoms with Crippen LogP contribution in [0.3, 0.4) is 0 Å². The van der Waals surface area contributed by atoms with Gasteiger partial charge >= 0.3 is 5.97 Å². The summed E-state index contributed by atoms with van der Waals surface area (Å²) in [6, 6.07) is 5.38. The molecule has 0 atom stereocenters. The first-order valence-corrected chi connectivity index (χ1v) is 6.12. The van der Waals surface area contributed by atoms with Crippen LogP contribution >= 0.6 is 23.2 Å². The molecule has 0 heterocycles. The van der Waals surface area contributed by atoms with E-state index < -0.39 is 0 Å². The maximum atomic E-state index is 11.6. The summed E-state index contributed by atoms with van der Waals surface area (Å²) in [7, 11) is 0. The number of esters is 1. The highest BCUT2D eigenvalue weighted by atomic mass is 35.5. The van der Waals surface area contributed by atoms with Gasteiger partial charge in [0.1, 0.15) is 0 Å². The van der Waals surface area contributed by atoms with Crippen molar-refractivity contribution in [1.82, 2.24) is 0 Å². The number of ether oxygens (including phenoxy) is 1. The van der Waals surface area contributed by atoms with Gasteiger partial charge in [0.05, 0.1) is 17.2 Å². The van der Waals surface area contributed by atoms with Gasteiger partial charge in [0.25, 0.3) is 0 Å². The minimum Gasteiger partial charge on any atom is -0.462 e. The Morgan fingerprint density at radius 1 is 1.44 bits per heavy atom. The molecule has 0 radical (unpaired) electrons. The van der Waals surface area contributed by atoms with E-state index in [2.05, 4.69) is 0 Å². The Labute approximate surface area is 106 Å². The zero-order chi connectivity index (χ0) is 12.0. The zero-order valence-corrected chi connectivity index (χ0v) is 10.6. The van der Waals surface area contributed by atoms with Crippen LogP contribution in [0, 0.1) is 0 Å². The van der Waals surface area contributed by atoms with Crippen molar-refractivity contribution in [2.75, 3.05) is 12.5 Å². The molecule has 0 bridgehead atoms. The second-order valence-electron chi connectivity index (χ2n) is 3.29. The van der Waals surface area contributed by atoms with Crippen LogP contribution in [0.15, 0.2) is 18.2 Å². The molecule has 0 aliphatic heterocycles. The average molecular weight is 261 g/mol. The highest BCUT2D eigenvalue weighted by Gasteiger charge is 2.13. The lowest BCUT2D eigenvalue weighted by molar-refractivity contribution is 0.0526. The Hall–Kier alpha value is -0.730. The molecular formula is C12H14Cl2O2. The molecule has 1 rings (SSSR count). The molecule has 2 nitrogen and oxygen atoms in total. The van der Waals surface area contributed by atoms with E-state index in [1.165, 1.54) is 0 Å². The van der Waals surface area contributed by atoms with Gasteiger partial charge in [-0.1, -0.05) is 23.7 Å². The standard InChI is InChI=1S/C12H14Cl2O2/c1-2-16-12(15)10-7-3-5-9(11(10)14)6-4-8-13/h3,5,7H,2,4,6,8H2,1H3. The van der Waals surface area contributed by atoms with Gasteiger partial charge in [-0.15, -0.1) is 11.6 Å². The topological polar surface area (TPSA) is 26.3 Å². The van der Waals surface area contributed by atoms with E-state index in [4.69, 9.17) is 27.9 Å². The van der Waals surface area contributed by atoms with Gasteiger partial charge in [-0.2, -0.15) is 0 Å². The molecule has 0 unspecified atom stereocenters. The lowest BCUT2D eigenvalue weighted by atomic mass is 10.1. The van der Waals surface area contributed by atoms with E-state index in [1.54, 1.807) is 13.0 Å². The maximum Gasteiger partial charge on any atom is 0.339 e. The SMILES string of the molecule is CCOC(=O)c1cccc(CCCCl)c1Cl. The predicted molar refractivity (Wildman–Crippen MR) is 66.4 cm³/mol. The lowest BCUT2D eigenvalue weighted by Gasteiger charge is -2.08. The number of carbonyl (C=O) groups is 1. The number of hydrogen-bond donors (Lipinski definition) is 0. The minimum atomic E-state index is -0.375. The Bertz CT molecular complexity index is 364. The van der Waals surface area contributed by atoms with E-state index in [-0.39, 0.29) is 5.97 Å². The van der Waals surface area contributed by atoms with Gasteiger partial charge < -0.3 is 4.74 Å². The van der Waals surface area contributed by atoms with E-state index in [1.807, 2.05) is 12.1 Å². The van der Waals surface area contributed by atoms with Crippen LogP contribution in [0.2, 0.25) is 5.02 Å². The smallest absolute Gasteiger partial charge is 0.339 e. The number of benzene rings is 1. The predicted octanol–water partition coefficient (Wildman–Crippen LogP) is 3.69. The molecule has 0 aliphatic carbocycles.